The van der Waals surface area contributed by atoms with Crippen molar-refractivity contribution in [1.82, 2.24) is 9.97 Å². The molecule has 1 fully saturated rings. The molecule has 0 atom stereocenters. The average Bonchev–Trinajstić information content (AvgIpc) is 2.75. The third kappa shape index (κ3) is 5.26. The van der Waals surface area contributed by atoms with Crippen LogP contribution in [0.15, 0.2) is 54.7 Å². The van der Waals surface area contributed by atoms with E-state index < -0.39 is 0 Å². The highest BCUT2D eigenvalue weighted by Crippen LogP contribution is 2.30. The number of benzene rings is 1. The second-order valence-corrected chi connectivity index (χ2v) is 7.99. The van der Waals surface area contributed by atoms with Crippen molar-refractivity contribution in [1.29, 1.82) is 0 Å². The first-order chi connectivity index (χ1) is 14.6. The molecule has 0 amide bonds. The lowest BCUT2D eigenvalue weighted by Gasteiger charge is -2.27. The molecule has 7 heteroatoms. The average molecular weight is 427 g/mol. The first-order valence-electron chi connectivity index (χ1n) is 10.1. The van der Waals surface area contributed by atoms with Gasteiger partial charge in [-0.2, -0.15) is 0 Å². The van der Waals surface area contributed by atoms with E-state index >= 15 is 0 Å². The summed E-state index contributed by atoms with van der Waals surface area (Å²) in [5, 5.41) is 4.00. The lowest BCUT2D eigenvalue weighted by molar-refractivity contribution is 0.293. The standard InChI is InChI=1S/C23H24ClFN4O/c24-20-13-27-22(28-18-9-7-17(26)8-10-18)12-19(20)21-5-2-6-23(29-21)30-14-15-3-1-4-16(25)11-15/h1-6,11-13,17-18H,7-10,14,26H2,(H,27,28). The first-order valence-corrected chi connectivity index (χ1v) is 10.5. The van der Waals surface area contributed by atoms with Gasteiger partial charge in [0, 0.05) is 29.9 Å². The second kappa shape index (κ2) is 9.41. The number of nitrogens with one attached hydrogen (secondary N) is 1. The smallest absolute Gasteiger partial charge is 0.214 e. The fourth-order valence-electron chi connectivity index (χ4n) is 3.62. The number of halogens is 2. The molecule has 0 unspecified atom stereocenters. The summed E-state index contributed by atoms with van der Waals surface area (Å²) in [5.74, 6) is 0.921. The van der Waals surface area contributed by atoms with Crippen LogP contribution in [0.1, 0.15) is 31.2 Å². The lowest BCUT2D eigenvalue weighted by atomic mass is 9.92. The van der Waals surface area contributed by atoms with Crippen LogP contribution in [0, 0.1) is 5.82 Å². The van der Waals surface area contributed by atoms with E-state index in [0.29, 0.717) is 28.7 Å². The van der Waals surface area contributed by atoms with Crippen LogP contribution in [0.4, 0.5) is 10.2 Å². The summed E-state index contributed by atoms with van der Waals surface area (Å²) in [7, 11) is 0. The SMILES string of the molecule is NC1CCC(Nc2cc(-c3cccc(OCc4cccc(F)c4)n3)c(Cl)cn2)CC1. The zero-order valence-corrected chi connectivity index (χ0v) is 17.3. The highest BCUT2D eigenvalue weighted by Gasteiger charge is 2.19. The maximum atomic E-state index is 13.3. The van der Waals surface area contributed by atoms with E-state index in [1.165, 1.54) is 12.1 Å². The zero-order valence-electron chi connectivity index (χ0n) is 16.5. The summed E-state index contributed by atoms with van der Waals surface area (Å²) < 4.78 is 19.1. The fraction of sp³-hybridized carbons (Fsp3) is 0.304. The van der Waals surface area contributed by atoms with E-state index in [1.807, 2.05) is 24.3 Å². The van der Waals surface area contributed by atoms with Gasteiger partial charge in [0.05, 0.1) is 10.7 Å². The molecule has 156 valence electrons. The molecule has 0 aliphatic heterocycles. The fourth-order valence-corrected chi connectivity index (χ4v) is 3.82. The molecule has 1 aliphatic rings. The van der Waals surface area contributed by atoms with E-state index in [1.54, 1.807) is 18.3 Å². The molecule has 2 heterocycles. The summed E-state index contributed by atoms with van der Waals surface area (Å²) in [5.41, 5.74) is 8.20. The Kier molecular flexibility index (Phi) is 6.45. The van der Waals surface area contributed by atoms with Crippen LogP contribution in [-0.2, 0) is 6.61 Å². The number of nitrogens with zero attached hydrogens (tertiary/aromatic N) is 2. The molecule has 2 aromatic heterocycles. The third-order valence-electron chi connectivity index (χ3n) is 5.25. The topological polar surface area (TPSA) is 73.1 Å². The molecular weight excluding hydrogens is 403 g/mol. The Morgan fingerprint density at radius 1 is 1.10 bits per heavy atom. The van der Waals surface area contributed by atoms with Gasteiger partial charge >= 0.3 is 0 Å². The van der Waals surface area contributed by atoms with Crippen molar-refractivity contribution in [3.05, 3.63) is 71.1 Å². The normalized spacial score (nSPS) is 18.8. The largest absolute Gasteiger partial charge is 0.473 e. The van der Waals surface area contributed by atoms with Gasteiger partial charge in [-0.15, -0.1) is 0 Å². The van der Waals surface area contributed by atoms with Crippen molar-refractivity contribution in [3.8, 4) is 17.1 Å². The monoisotopic (exact) mass is 426 g/mol. The minimum atomic E-state index is -0.290. The van der Waals surface area contributed by atoms with Crippen LogP contribution >= 0.6 is 11.6 Å². The number of nitrogens with two attached hydrogens (primary N) is 1. The zero-order chi connectivity index (χ0) is 20.9. The van der Waals surface area contributed by atoms with Gasteiger partial charge in [0.15, 0.2) is 0 Å². The Morgan fingerprint density at radius 3 is 2.70 bits per heavy atom. The molecule has 1 aromatic carbocycles. The molecule has 0 bridgehead atoms. The van der Waals surface area contributed by atoms with Gasteiger partial charge in [-0.3, -0.25) is 0 Å². The molecule has 30 heavy (non-hydrogen) atoms. The summed E-state index contributed by atoms with van der Waals surface area (Å²) in [6.07, 6.45) is 5.73. The van der Waals surface area contributed by atoms with Gasteiger partial charge in [-0.05, 0) is 55.5 Å². The summed E-state index contributed by atoms with van der Waals surface area (Å²) >= 11 is 6.41. The minimum Gasteiger partial charge on any atom is -0.473 e. The molecule has 3 N–H and O–H groups in total. The molecule has 0 spiro atoms. The van der Waals surface area contributed by atoms with Crippen LogP contribution in [0.25, 0.3) is 11.3 Å². The van der Waals surface area contributed by atoms with E-state index in [-0.39, 0.29) is 12.4 Å². The Bertz CT molecular complexity index is 1010. The van der Waals surface area contributed by atoms with Gasteiger partial charge in [-0.25, -0.2) is 14.4 Å². The second-order valence-electron chi connectivity index (χ2n) is 7.59. The van der Waals surface area contributed by atoms with Gasteiger partial charge in [0.1, 0.15) is 18.2 Å². The number of rotatable bonds is 6. The number of pyridine rings is 2. The number of hydrogen-bond donors (Lipinski definition) is 2. The van der Waals surface area contributed by atoms with Gasteiger partial charge in [0.2, 0.25) is 5.88 Å². The number of anilines is 1. The molecule has 3 aromatic rings. The van der Waals surface area contributed by atoms with Gasteiger partial charge in [0.25, 0.3) is 0 Å². The molecular formula is C23H24ClFN4O. The number of ether oxygens (including phenoxy) is 1. The van der Waals surface area contributed by atoms with E-state index in [9.17, 15) is 4.39 Å². The highest BCUT2D eigenvalue weighted by atomic mass is 35.5. The van der Waals surface area contributed by atoms with Crippen LogP contribution in [-0.4, -0.2) is 22.1 Å². The van der Waals surface area contributed by atoms with Crippen LogP contribution in [0.3, 0.4) is 0 Å². The van der Waals surface area contributed by atoms with Crippen molar-refractivity contribution in [2.45, 2.75) is 44.4 Å². The molecule has 0 saturated heterocycles. The summed E-state index contributed by atoms with van der Waals surface area (Å²) in [6, 6.07) is 14.4. The number of aromatic nitrogens is 2. The Balaban J connectivity index is 1.48. The van der Waals surface area contributed by atoms with Crippen LogP contribution in [0.5, 0.6) is 5.88 Å². The van der Waals surface area contributed by atoms with Gasteiger partial charge in [-0.1, -0.05) is 29.8 Å². The van der Waals surface area contributed by atoms with Crippen molar-refractivity contribution in [2.75, 3.05) is 5.32 Å². The Morgan fingerprint density at radius 2 is 1.90 bits per heavy atom. The van der Waals surface area contributed by atoms with Crippen molar-refractivity contribution in [3.63, 3.8) is 0 Å². The third-order valence-corrected chi connectivity index (χ3v) is 5.56. The molecule has 1 aliphatic carbocycles. The quantitative estimate of drug-likeness (QED) is 0.567. The molecule has 4 rings (SSSR count). The predicted molar refractivity (Wildman–Crippen MR) is 117 cm³/mol. The van der Waals surface area contributed by atoms with Crippen molar-refractivity contribution < 1.29 is 9.13 Å². The van der Waals surface area contributed by atoms with Crippen molar-refractivity contribution in [2.24, 2.45) is 5.73 Å². The van der Waals surface area contributed by atoms with E-state index in [4.69, 9.17) is 22.1 Å². The predicted octanol–water partition coefficient (Wildman–Crippen LogP) is 5.20. The summed E-state index contributed by atoms with van der Waals surface area (Å²) in [6.45, 7) is 0.231. The van der Waals surface area contributed by atoms with Crippen LogP contribution in [0.2, 0.25) is 5.02 Å². The lowest BCUT2D eigenvalue weighted by Crippen LogP contribution is -2.33. The maximum absolute atomic E-state index is 13.3. The van der Waals surface area contributed by atoms with E-state index in [2.05, 4.69) is 15.3 Å². The summed E-state index contributed by atoms with van der Waals surface area (Å²) in [4.78, 5) is 8.98. The van der Waals surface area contributed by atoms with Crippen LogP contribution < -0.4 is 15.8 Å². The molecule has 1 saturated carbocycles. The molecule has 0 radical (unpaired) electrons. The molecule has 5 nitrogen and oxygen atoms in total. The van der Waals surface area contributed by atoms with Gasteiger partial charge < -0.3 is 15.8 Å². The highest BCUT2D eigenvalue weighted by molar-refractivity contribution is 6.33. The number of hydrogen-bond acceptors (Lipinski definition) is 5. The van der Waals surface area contributed by atoms with E-state index in [0.717, 1.165) is 42.6 Å². The van der Waals surface area contributed by atoms with Crippen molar-refractivity contribution >= 4 is 17.4 Å². The maximum Gasteiger partial charge on any atom is 0.214 e. The minimum absolute atomic E-state index is 0.231. The Labute approximate surface area is 180 Å². The first kappa shape index (κ1) is 20.6. The Hall–Kier alpha value is -2.70.